The van der Waals surface area contributed by atoms with Crippen LogP contribution in [-0.2, 0) is 9.67 Å². The largest absolute Gasteiger partial charge is 0.424 e. The van der Waals surface area contributed by atoms with E-state index < -0.39 is 21.2 Å². The van der Waals surface area contributed by atoms with Crippen LogP contribution in [0.3, 0.4) is 0 Å². The number of rotatable bonds is 8. The highest BCUT2D eigenvalue weighted by molar-refractivity contribution is 7.99. The van der Waals surface area contributed by atoms with E-state index in [0.717, 1.165) is 67.0 Å². The van der Waals surface area contributed by atoms with Crippen molar-refractivity contribution in [2.24, 2.45) is 38.3 Å². The Balaban J connectivity index is 1.48. The molecule has 190 valence electrons. The number of nitrogens with zero attached hydrogens (tertiary/aromatic N) is 3. The molecule has 8 nitrogen and oxygen atoms in total. The Labute approximate surface area is 214 Å². The highest BCUT2D eigenvalue weighted by atomic mass is 32.2. The van der Waals surface area contributed by atoms with E-state index in [4.69, 9.17) is 4.74 Å². The van der Waals surface area contributed by atoms with Gasteiger partial charge in [0.25, 0.3) is 0 Å². The van der Waals surface area contributed by atoms with Crippen molar-refractivity contribution in [3.63, 3.8) is 0 Å². The lowest BCUT2D eigenvalue weighted by Gasteiger charge is -2.64. The monoisotopic (exact) mass is 519 g/mol. The molecule has 5 fully saturated rings. The molecule has 35 heavy (non-hydrogen) atoms. The minimum absolute atomic E-state index is 0.172. The van der Waals surface area contributed by atoms with Crippen LogP contribution in [0.4, 0.5) is 4.79 Å². The fraction of sp³-hybridized carbons (Fsp3) is 0.720. The predicted molar refractivity (Wildman–Crippen MR) is 137 cm³/mol. The third kappa shape index (κ3) is 4.09. The summed E-state index contributed by atoms with van der Waals surface area (Å²) < 4.78 is 12.1. The van der Waals surface area contributed by atoms with Gasteiger partial charge >= 0.3 is 6.09 Å². The quantitative estimate of drug-likeness (QED) is 0.251. The Bertz CT molecular complexity index is 928. The van der Waals surface area contributed by atoms with E-state index in [1.807, 2.05) is 30.3 Å². The molecular weight excluding hydrogens is 486 g/mol. The van der Waals surface area contributed by atoms with Gasteiger partial charge in [0, 0.05) is 45.2 Å². The molecule has 1 aromatic carbocycles. The summed E-state index contributed by atoms with van der Waals surface area (Å²) in [6.07, 6.45) is 6.13. The molecule has 4 aliphatic carbocycles. The number of ether oxygens (including phenoxy) is 1. The van der Waals surface area contributed by atoms with Crippen molar-refractivity contribution in [3.05, 3.63) is 45.7 Å². The number of nitroso groups, excluding NO2 is 2. The minimum Gasteiger partial charge on any atom is -0.424 e. The van der Waals surface area contributed by atoms with Crippen molar-refractivity contribution >= 4 is 30.0 Å². The normalized spacial score (nSPS) is 34.7. The smallest absolute Gasteiger partial charge is 0.411 e. The molecular formula is C25H33N3O5S2. The Morgan fingerprint density at radius 1 is 1.06 bits per heavy atom. The fourth-order valence-electron chi connectivity index (χ4n) is 7.70. The van der Waals surface area contributed by atoms with Crippen LogP contribution in [0.2, 0.25) is 0 Å². The average Bonchev–Trinajstić information content (AvgIpc) is 2.87. The number of hydrogen-bond acceptors (Lipinski definition) is 9. The van der Waals surface area contributed by atoms with Gasteiger partial charge < -0.3 is 14.7 Å². The minimum atomic E-state index is -1.22. The third-order valence-electron chi connectivity index (χ3n) is 9.55. The highest BCUT2D eigenvalue weighted by Gasteiger charge is 2.67. The molecule has 6 rings (SSSR count). The molecule has 5 aliphatic rings. The van der Waals surface area contributed by atoms with Crippen molar-refractivity contribution in [1.29, 1.82) is 0 Å². The second-order valence-electron chi connectivity index (χ2n) is 11.1. The lowest BCUT2D eigenvalue weighted by Crippen LogP contribution is -2.61. The van der Waals surface area contributed by atoms with Gasteiger partial charge in [0.15, 0.2) is 0 Å². The van der Waals surface area contributed by atoms with Crippen LogP contribution in [-0.4, -0.2) is 40.5 Å². The first-order valence-electron chi connectivity index (χ1n) is 12.6. The van der Waals surface area contributed by atoms with Crippen LogP contribution < -0.4 is 0 Å². The van der Waals surface area contributed by atoms with Gasteiger partial charge in [-0.2, -0.15) is 0 Å². The maximum absolute atomic E-state index is 13.7. The molecule has 1 N–H and O–H groups in total. The van der Waals surface area contributed by atoms with Crippen LogP contribution >= 0.6 is 23.9 Å². The first-order valence-corrected chi connectivity index (χ1v) is 14.1. The summed E-state index contributed by atoms with van der Waals surface area (Å²) in [4.78, 5) is 36.9. The van der Waals surface area contributed by atoms with Gasteiger partial charge in [-0.15, -0.1) is 9.81 Å². The zero-order valence-electron chi connectivity index (χ0n) is 20.0. The number of carbonyl (C=O) groups excluding carboxylic acids is 1. The highest BCUT2D eigenvalue weighted by Crippen LogP contribution is 2.70. The average molecular weight is 520 g/mol. The summed E-state index contributed by atoms with van der Waals surface area (Å²) in [6.45, 7) is 2.74. The number of benzene rings is 1. The van der Waals surface area contributed by atoms with E-state index in [-0.39, 0.29) is 6.61 Å². The van der Waals surface area contributed by atoms with Crippen LogP contribution in [0.15, 0.2) is 39.5 Å². The lowest BCUT2D eigenvalue weighted by atomic mass is 9.44. The van der Waals surface area contributed by atoms with Gasteiger partial charge in [-0.3, -0.25) is 0 Å². The number of amides is 1. The molecule has 1 saturated heterocycles. The third-order valence-corrected chi connectivity index (χ3v) is 11.6. The molecule has 1 unspecified atom stereocenters. The Kier molecular flexibility index (Phi) is 6.91. The van der Waals surface area contributed by atoms with Crippen LogP contribution in [0, 0.1) is 38.9 Å². The van der Waals surface area contributed by atoms with E-state index in [1.54, 1.807) is 4.90 Å². The predicted octanol–water partition coefficient (Wildman–Crippen LogP) is 6.09. The van der Waals surface area contributed by atoms with Crippen LogP contribution in [0.1, 0.15) is 57.4 Å². The molecule has 1 amide bonds. The van der Waals surface area contributed by atoms with Gasteiger partial charge in [-0.25, -0.2) is 4.79 Å². The molecule has 1 aromatic rings. The first kappa shape index (κ1) is 25.0. The van der Waals surface area contributed by atoms with Gasteiger partial charge in [-0.05, 0) is 68.6 Å². The fourth-order valence-corrected chi connectivity index (χ4v) is 9.27. The van der Waals surface area contributed by atoms with Crippen molar-refractivity contribution in [3.8, 4) is 0 Å². The summed E-state index contributed by atoms with van der Waals surface area (Å²) in [6, 6.07) is 9.65. The van der Waals surface area contributed by atoms with Crippen molar-refractivity contribution in [1.82, 2.24) is 4.90 Å². The standard InChI is InChI=1S/C25H33N3O5S2/c1-23(20-12-17-11-18(14-20)15-21(23)13-17)25(35-27-32,19-5-3-2-4-6-19)33-22(30)28-9-7-24(16-29,8-10-28)34-26-31/h2-6,17-18,20-21,29H,7-16H2,1H3. The van der Waals surface area contributed by atoms with E-state index in [0.29, 0.717) is 37.8 Å². The molecule has 10 heteroatoms. The van der Waals surface area contributed by atoms with E-state index >= 15 is 0 Å². The summed E-state index contributed by atoms with van der Waals surface area (Å²) in [5, 5.41) is 9.82. The van der Waals surface area contributed by atoms with E-state index in [9.17, 15) is 19.7 Å². The summed E-state index contributed by atoms with van der Waals surface area (Å²) in [5.41, 5.74) is 0.383. The first-order chi connectivity index (χ1) is 16.9. The van der Waals surface area contributed by atoms with Gasteiger partial charge in [0.2, 0.25) is 4.93 Å². The van der Waals surface area contributed by atoms with Crippen LogP contribution in [0.25, 0.3) is 0 Å². The number of aliphatic hydroxyl groups excluding tert-OH is 1. The topological polar surface area (TPSA) is 109 Å². The Hall–Kier alpha value is -1.65. The lowest BCUT2D eigenvalue weighted by molar-refractivity contribution is -0.177. The number of carbonyl (C=O) groups is 1. The molecule has 0 spiro atoms. The molecule has 0 aromatic heterocycles. The Morgan fingerprint density at radius 3 is 2.17 bits per heavy atom. The molecule has 1 atom stereocenters. The SMILES string of the molecule is CC1(C(OC(=O)N2CCC(CO)(SN=O)CC2)(SN=O)c2ccccc2)C2CC3CC(C2)CC1C3. The Morgan fingerprint density at radius 2 is 1.66 bits per heavy atom. The van der Waals surface area contributed by atoms with Crippen LogP contribution in [0.5, 0.6) is 0 Å². The van der Waals surface area contributed by atoms with Crippen molar-refractivity contribution in [2.75, 3.05) is 19.7 Å². The van der Waals surface area contributed by atoms with Crippen molar-refractivity contribution < 1.29 is 14.6 Å². The maximum atomic E-state index is 13.7. The van der Waals surface area contributed by atoms with Gasteiger partial charge in [0.05, 0.1) is 23.3 Å². The summed E-state index contributed by atoms with van der Waals surface area (Å²) in [5.74, 6) is 2.17. The molecule has 4 bridgehead atoms. The van der Waals surface area contributed by atoms with Crippen molar-refractivity contribution in [2.45, 2.75) is 61.5 Å². The number of likely N-dealkylation sites (tertiary alicyclic amines) is 1. The second kappa shape index (κ2) is 9.67. The molecule has 1 heterocycles. The number of aliphatic hydroxyl groups is 1. The zero-order chi connectivity index (χ0) is 24.7. The molecule has 0 radical (unpaired) electrons. The number of piperidine rings is 1. The van der Waals surface area contributed by atoms with E-state index in [2.05, 4.69) is 16.1 Å². The van der Waals surface area contributed by atoms with E-state index in [1.165, 1.54) is 6.42 Å². The zero-order valence-corrected chi connectivity index (χ0v) is 21.6. The second-order valence-corrected chi connectivity index (χ2v) is 13.2. The maximum Gasteiger partial charge on any atom is 0.411 e. The summed E-state index contributed by atoms with van der Waals surface area (Å²) >= 11 is 1.71. The number of hydrogen-bond donors (Lipinski definition) is 1. The molecule has 1 aliphatic heterocycles. The van der Waals surface area contributed by atoms with Gasteiger partial charge in [0.1, 0.15) is 0 Å². The van der Waals surface area contributed by atoms with Gasteiger partial charge in [-0.1, -0.05) is 37.3 Å². The molecule has 4 saturated carbocycles. The summed E-state index contributed by atoms with van der Waals surface area (Å²) in [7, 11) is 0.